The summed E-state index contributed by atoms with van der Waals surface area (Å²) in [6, 6.07) is 5.36. The lowest BCUT2D eigenvalue weighted by Gasteiger charge is -2.30. The normalized spacial score (nSPS) is 21.2. The van der Waals surface area contributed by atoms with Gasteiger partial charge in [0.25, 0.3) is 0 Å². The van der Waals surface area contributed by atoms with E-state index in [0.29, 0.717) is 19.0 Å². The predicted molar refractivity (Wildman–Crippen MR) is 70.6 cm³/mol. The van der Waals surface area contributed by atoms with Gasteiger partial charge in [0.15, 0.2) is 0 Å². The van der Waals surface area contributed by atoms with Gasteiger partial charge in [-0.25, -0.2) is 13.2 Å². The van der Waals surface area contributed by atoms with Crippen LogP contribution in [0.3, 0.4) is 0 Å². The van der Waals surface area contributed by atoms with E-state index < -0.39 is 16.0 Å². The monoisotopic (exact) mass is 283 g/mol. The summed E-state index contributed by atoms with van der Waals surface area (Å²) in [6.45, 7) is 3.10. The van der Waals surface area contributed by atoms with Gasteiger partial charge in [-0.05, 0) is 43.0 Å². The first-order valence-electron chi connectivity index (χ1n) is 6.25. The number of hydrogen-bond acceptors (Lipinski definition) is 3. The number of carbonyl (C=O) groups is 1. The highest BCUT2D eigenvalue weighted by molar-refractivity contribution is 7.89. The maximum atomic E-state index is 12.4. The lowest BCUT2D eigenvalue weighted by Crippen LogP contribution is -2.39. The second kappa shape index (κ2) is 5.30. The minimum Gasteiger partial charge on any atom is -0.478 e. The van der Waals surface area contributed by atoms with Crippen LogP contribution in [0.4, 0.5) is 0 Å². The van der Waals surface area contributed by atoms with Crippen LogP contribution >= 0.6 is 0 Å². The Kier molecular flexibility index (Phi) is 3.91. The highest BCUT2D eigenvalue weighted by Crippen LogP contribution is 2.23. The number of carboxylic acid groups (broad SMARTS) is 1. The smallest absolute Gasteiger partial charge is 0.335 e. The first-order chi connectivity index (χ1) is 8.91. The Labute approximate surface area is 112 Å². The van der Waals surface area contributed by atoms with Gasteiger partial charge in [-0.3, -0.25) is 0 Å². The predicted octanol–water partition coefficient (Wildman–Crippen LogP) is 1.81. The van der Waals surface area contributed by atoms with Crippen LogP contribution in [-0.2, 0) is 10.0 Å². The van der Waals surface area contributed by atoms with Gasteiger partial charge in [0.2, 0.25) is 10.0 Å². The highest BCUT2D eigenvalue weighted by Gasteiger charge is 2.28. The Morgan fingerprint density at radius 3 is 2.47 bits per heavy atom. The fourth-order valence-corrected chi connectivity index (χ4v) is 3.88. The minimum absolute atomic E-state index is 0.0889. The van der Waals surface area contributed by atoms with Gasteiger partial charge < -0.3 is 5.11 Å². The van der Waals surface area contributed by atoms with Crippen LogP contribution in [-0.4, -0.2) is 36.9 Å². The zero-order valence-corrected chi connectivity index (χ0v) is 11.6. The molecule has 1 unspecified atom stereocenters. The fourth-order valence-electron chi connectivity index (χ4n) is 2.28. The Hall–Kier alpha value is -1.40. The van der Waals surface area contributed by atoms with Crippen molar-refractivity contribution in [2.24, 2.45) is 5.92 Å². The van der Waals surface area contributed by atoms with Crippen LogP contribution in [0.5, 0.6) is 0 Å². The molecule has 19 heavy (non-hydrogen) atoms. The van der Waals surface area contributed by atoms with E-state index in [1.165, 1.54) is 28.6 Å². The summed E-state index contributed by atoms with van der Waals surface area (Å²) in [5.41, 5.74) is 0.0889. The minimum atomic E-state index is -3.50. The molecule has 1 aromatic carbocycles. The summed E-state index contributed by atoms with van der Waals surface area (Å²) < 4.78 is 26.3. The van der Waals surface area contributed by atoms with Crippen molar-refractivity contribution in [2.45, 2.75) is 24.7 Å². The molecule has 0 aromatic heterocycles. The van der Waals surface area contributed by atoms with Gasteiger partial charge in [0.05, 0.1) is 10.5 Å². The molecular formula is C13H17NO4S. The van der Waals surface area contributed by atoms with E-state index in [4.69, 9.17) is 5.11 Å². The summed E-state index contributed by atoms with van der Waals surface area (Å²) in [7, 11) is -3.50. The largest absolute Gasteiger partial charge is 0.478 e. The van der Waals surface area contributed by atoms with E-state index in [0.717, 1.165) is 12.8 Å². The number of piperidine rings is 1. The maximum Gasteiger partial charge on any atom is 0.335 e. The van der Waals surface area contributed by atoms with Crippen molar-refractivity contribution in [3.8, 4) is 0 Å². The molecule has 1 aliphatic rings. The molecule has 1 aromatic rings. The molecule has 6 heteroatoms. The van der Waals surface area contributed by atoms with Gasteiger partial charge >= 0.3 is 5.97 Å². The van der Waals surface area contributed by atoms with Crippen molar-refractivity contribution in [1.82, 2.24) is 4.31 Å². The first kappa shape index (κ1) is 14.0. The van der Waals surface area contributed by atoms with E-state index in [1.807, 2.05) is 6.92 Å². The summed E-state index contributed by atoms with van der Waals surface area (Å²) in [6.07, 6.45) is 1.91. The molecule has 1 aliphatic heterocycles. The number of nitrogens with zero attached hydrogens (tertiary/aromatic N) is 1. The molecule has 1 saturated heterocycles. The van der Waals surface area contributed by atoms with Gasteiger partial charge in [-0.2, -0.15) is 4.31 Å². The molecular weight excluding hydrogens is 266 g/mol. The molecule has 5 nitrogen and oxygen atoms in total. The third-order valence-electron chi connectivity index (χ3n) is 3.36. The number of aromatic carboxylic acids is 1. The third-order valence-corrected chi connectivity index (χ3v) is 5.24. The second-order valence-electron chi connectivity index (χ2n) is 4.94. The molecule has 0 amide bonds. The number of hydrogen-bond donors (Lipinski definition) is 1. The van der Waals surface area contributed by atoms with Crippen molar-refractivity contribution in [3.05, 3.63) is 29.8 Å². The summed E-state index contributed by atoms with van der Waals surface area (Å²) in [5, 5.41) is 8.80. The van der Waals surface area contributed by atoms with E-state index in [-0.39, 0.29) is 10.5 Å². The standard InChI is InChI=1S/C13H17NO4S/c1-10-3-2-8-14(9-10)19(17,18)12-6-4-11(5-7-12)13(15)16/h4-7,10H,2-3,8-9H2,1H3,(H,15,16). The second-order valence-corrected chi connectivity index (χ2v) is 6.88. The first-order valence-corrected chi connectivity index (χ1v) is 7.69. The van der Waals surface area contributed by atoms with E-state index in [2.05, 4.69) is 0 Å². The zero-order valence-electron chi connectivity index (χ0n) is 10.7. The molecule has 1 heterocycles. The topological polar surface area (TPSA) is 74.7 Å². The van der Waals surface area contributed by atoms with Gasteiger partial charge in [0, 0.05) is 13.1 Å². The molecule has 1 N–H and O–H groups in total. The fraction of sp³-hybridized carbons (Fsp3) is 0.462. The molecule has 0 aliphatic carbocycles. The Morgan fingerprint density at radius 1 is 1.32 bits per heavy atom. The van der Waals surface area contributed by atoms with Gasteiger partial charge in [0.1, 0.15) is 0 Å². The third kappa shape index (κ3) is 2.96. The number of carboxylic acids is 1. The highest BCUT2D eigenvalue weighted by atomic mass is 32.2. The summed E-state index contributed by atoms with van der Waals surface area (Å²) in [4.78, 5) is 10.9. The number of benzene rings is 1. The van der Waals surface area contributed by atoms with Gasteiger partial charge in [-0.1, -0.05) is 6.92 Å². The molecule has 0 spiro atoms. The average molecular weight is 283 g/mol. The van der Waals surface area contributed by atoms with Crippen LogP contribution in [0.2, 0.25) is 0 Å². The quantitative estimate of drug-likeness (QED) is 0.918. The number of sulfonamides is 1. The lowest BCUT2D eigenvalue weighted by atomic mass is 10.0. The average Bonchev–Trinajstić information content (AvgIpc) is 2.39. The van der Waals surface area contributed by atoms with E-state index >= 15 is 0 Å². The van der Waals surface area contributed by atoms with Crippen LogP contribution in [0, 0.1) is 5.92 Å². The molecule has 1 fully saturated rings. The van der Waals surface area contributed by atoms with Crippen LogP contribution < -0.4 is 0 Å². The Bertz CT molecular complexity index is 565. The zero-order chi connectivity index (χ0) is 14.0. The molecule has 0 bridgehead atoms. The van der Waals surface area contributed by atoms with Crippen molar-refractivity contribution in [1.29, 1.82) is 0 Å². The molecule has 0 saturated carbocycles. The van der Waals surface area contributed by atoms with E-state index in [9.17, 15) is 13.2 Å². The summed E-state index contributed by atoms with van der Waals surface area (Å²) in [5.74, 6) is -0.697. The summed E-state index contributed by atoms with van der Waals surface area (Å²) >= 11 is 0. The molecule has 1 atom stereocenters. The van der Waals surface area contributed by atoms with Crippen molar-refractivity contribution >= 4 is 16.0 Å². The number of rotatable bonds is 3. The van der Waals surface area contributed by atoms with Crippen molar-refractivity contribution < 1.29 is 18.3 Å². The SMILES string of the molecule is CC1CCCN(S(=O)(=O)c2ccc(C(=O)O)cc2)C1. The van der Waals surface area contributed by atoms with Crippen molar-refractivity contribution in [3.63, 3.8) is 0 Å². The Morgan fingerprint density at radius 2 is 1.95 bits per heavy atom. The molecule has 0 radical (unpaired) electrons. The van der Waals surface area contributed by atoms with Crippen molar-refractivity contribution in [2.75, 3.05) is 13.1 Å². The lowest BCUT2D eigenvalue weighted by molar-refractivity contribution is 0.0696. The molecule has 2 rings (SSSR count). The van der Waals surface area contributed by atoms with Crippen LogP contribution in [0.1, 0.15) is 30.1 Å². The van der Waals surface area contributed by atoms with E-state index in [1.54, 1.807) is 0 Å². The Balaban J connectivity index is 2.26. The van der Waals surface area contributed by atoms with Gasteiger partial charge in [-0.15, -0.1) is 0 Å². The maximum absolute atomic E-state index is 12.4. The molecule has 104 valence electrons. The van der Waals surface area contributed by atoms with Crippen LogP contribution in [0.15, 0.2) is 29.2 Å². The van der Waals surface area contributed by atoms with Crippen LogP contribution in [0.25, 0.3) is 0 Å².